The van der Waals surface area contributed by atoms with Gasteiger partial charge in [0, 0.05) is 12.3 Å². The molecule has 0 amide bonds. The molecule has 5 heteroatoms. The van der Waals surface area contributed by atoms with E-state index in [1.807, 2.05) is 36.4 Å². The van der Waals surface area contributed by atoms with Crippen LogP contribution in [0, 0.1) is 0 Å². The first-order chi connectivity index (χ1) is 10.8. The zero-order chi connectivity index (χ0) is 15.2. The lowest BCUT2D eigenvalue weighted by atomic mass is 10.2. The number of pyridine rings is 1. The number of amidine groups is 1. The second kappa shape index (κ2) is 6.67. The van der Waals surface area contributed by atoms with Crippen LogP contribution in [0.5, 0.6) is 5.75 Å². The molecule has 1 aromatic carbocycles. The molecule has 1 aromatic heterocycles. The van der Waals surface area contributed by atoms with Crippen LogP contribution >= 0.6 is 0 Å². The van der Waals surface area contributed by atoms with Gasteiger partial charge < -0.3 is 9.84 Å². The second-order valence-corrected chi connectivity index (χ2v) is 4.70. The molecule has 1 N–H and O–H groups in total. The van der Waals surface area contributed by atoms with Crippen molar-refractivity contribution in [1.29, 1.82) is 0 Å². The molecule has 0 radical (unpaired) electrons. The molecule has 110 valence electrons. The van der Waals surface area contributed by atoms with Crippen LogP contribution in [-0.4, -0.2) is 28.7 Å². The van der Waals surface area contributed by atoms with Crippen LogP contribution in [0.25, 0.3) is 6.08 Å². The quantitative estimate of drug-likeness (QED) is 0.862. The summed E-state index contributed by atoms with van der Waals surface area (Å²) in [6.07, 6.45) is 4.80. The highest BCUT2D eigenvalue weighted by molar-refractivity contribution is 6.06. The Labute approximate surface area is 128 Å². The first-order valence-corrected chi connectivity index (χ1v) is 6.92. The maximum absolute atomic E-state index is 9.87. The molecule has 0 unspecified atom stereocenters. The number of rotatable bonds is 5. The minimum atomic E-state index is 0.0132. The zero-order valence-corrected chi connectivity index (χ0v) is 11.9. The molecule has 0 saturated heterocycles. The van der Waals surface area contributed by atoms with Gasteiger partial charge in [0.15, 0.2) is 11.6 Å². The molecule has 0 atom stereocenters. The Hall–Kier alpha value is -2.95. The molecule has 1 aliphatic rings. The fourth-order valence-electron chi connectivity index (χ4n) is 1.95. The Balaban J connectivity index is 1.63. The molecule has 2 heterocycles. The van der Waals surface area contributed by atoms with Crippen LogP contribution in [0.15, 0.2) is 64.4 Å². The van der Waals surface area contributed by atoms with Crippen LogP contribution < -0.4 is 4.74 Å². The van der Waals surface area contributed by atoms with Crippen molar-refractivity contribution in [1.82, 2.24) is 4.98 Å². The summed E-state index contributed by atoms with van der Waals surface area (Å²) in [4.78, 5) is 12.2. The van der Waals surface area contributed by atoms with Gasteiger partial charge in [-0.1, -0.05) is 30.3 Å². The van der Waals surface area contributed by atoms with E-state index in [4.69, 9.17) is 4.74 Å². The van der Waals surface area contributed by atoms with E-state index in [2.05, 4.69) is 15.0 Å². The molecule has 0 saturated carbocycles. The van der Waals surface area contributed by atoms with Crippen molar-refractivity contribution in [3.8, 4) is 5.75 Å². The third kappa shape index (κ3) is 3.58. The normalized spacial score (nSPS) is 14.0. The van der Waals surface area contributed by atoms with Crippen molar-refractivity contribution in [3.63, 3.8) is 0 Å². The fourth-order valence-corrected chi connectivity index (χ4v) is 1.95. The smallest absolute Gasteiger partial charge is 0.190 e. The average molecular weight is 293 g/mol. The van der Waals surface area contributed by atoms with Gasteiger partial charge in [-0.2, -0.15) is 0 Å². The Morgan fingerprint density at radius 2 is 2.05 bits per heavy atom. The van der Waals surface area contributed by atoms with Crippen molar-refractivity contribution in [3.05, 3.63) is 65.7 Å². The third-order valence-electron chi connectivity index (χ3n) is 3.06. The van der Waals surface area contributed by atoms with Gasteiger partial charge in [0.2, 0.25) is 0 Å². The fraction of sp³-hybridized carbons (Fsp3) is 0.118. The predicted octanol–water partition coefficient (Wildman–Crippen LogP) is 3.04. The highest BCUT2D eigenvalue weighted by Crippen LogP contribution is 2.14. The zero-order valence-electron chi connectivity index (χ0n) is 11.9. The standard InChI is InChI=1S/C17H15N3O2/c21-16(17-18-8-9-19-17)10-14-6-7-15(11-20-14)22-12-13-4-2-1-3-5-13/h1-8,10-11,21H,9,12H2/b16-10-. The van der Waals surface area contributed by atoms with Crippen molar-refractivity contribution < 1.29 is 9.84 Å². The van der Waals surface area contributed by atoms with Crippen molar-refractivity contribution in [2.24, 2.45) is 9.98 Å². The predicted molar refractivity (Wildman–Crippen MR) is 86.4 cm³/mol. The summed E-state index contributed by atoms with van der Waals surface area (Å²) in [5.74, 6) is 1.03. The van der Waals surface area contributed by atoms with Gasteiger partial charge in [-0.05, 0) is 17.7 Å². The van der Waals surface area contributed by atoms with Gasteiger partial charge in [0.05, 0.1) is 18.4 Å². The van der Waals surface area contributed by atoms with E-state index in [9.17, 15) is 5.11 Å². The molecule has 3 rings (SSSR count). The minimum absolute atomic E-state index is 0.0132. The van der Waals surface area contributed by atoms with Gasteiger partial charge in [0.1, 0.15) is 12.4 Å². The van der Waals surface area contributed by atoms with Crippen molar-refractivity contribution in [2.45, 2.75) is 6.61 Å². The largest absolute Gasteiger partial charge is 0.504 e. The van der Waals surface area contributed by atoms with Crippen molar-refractivity contribution >= 4 is 18.1 Å². The SMILES string of the molecule is O/C(=C\c1ccc(OCc2ccccc2)cn1)C1=NCC=N1. The highest BCUT2D eigenvalue weighted by Gasteiger charge is 2.07. The van der Waals surface area contributed by atoms with E-state index >= 15 is 0 Å². The topological polar surface area (TPSA) is 67.1 Å². The number of ether oxygens (including phenoxy) is 1. The summed E-state index contributed by atoms with van der Waals surface area (Å²) in [5, 5.41) is 9.87. The monoisotopic (exact) mass is 293 g/mol. The number of benzene rings is 1. The number of hydrogen-bond acceptors (Lipinski definition) is 5. The molecule has 22 heavy (non-hydrogen) atoms. The minimum Gasteiger partial charge on any atom is -0.504 e. The summed E-state index contributed by atoms with van der Waals surface area (Å²) in [6, 6.07) is 13.5. The van der Waals surface area contributed by atoms with Crippen LogP contribution in [0.3, 0.4) is 0 Å². The Morgan fingerprint density at radius 1 is 1.18 bits per heavy atom. The Bertz CT molecular complexity index is 719. The molecule has 1 aliphatic heterocycles. The molecule has 0 fully saturated rings. The Kier molecular flexibility index (Phi) is 4.25. The summed E-state index contributed by atoms with van der Waals surface area (Å²) in [7, 11) is 0. The van der Waals surface area contributed by atoms with Gasteiger partial charge in [-0.15, -0.1) is 0 Å². The maximum Gasteiger partial charge on any atom is 0.190 e. The molecule has 5 nitrogen and oxygen atoms in total. The maximum atomic E-state index is 9.87. The van der Waals surface area contributed by atoms with E-state index in [0.717, 1.165) is 5.56 Å². The Morgan fingerprint density at radius 3 is 2.73 bits per heavy atom. The number of hydrogen-bond donors (Lipinski definition) is 1. The molecule has 0 spiro atoms. The van der Waals surface area contributed by atoms with Gasteiger partial charge >= 0.3 is 0 Å². The number of nitrogens with zero attached hydrogens (tertiary/aromatic N) is 3. The van der Waals surface area contributed by atoms with E-state index in [-0.39, 0.29) is 5.76 Å². The third-order valence-corrected chi connectivity index (χ3v) is 3.06. The number of aliphatic imine (C=N–C) groups is 2. The lowest BCUT2D eigenvalue weighted by Crippen LogP contribution is -1.97. The molecule has 0 bridgehead atoms. The van der Waals surface area contributed by atoms with Crippen LogP contribution in [-0.2, 0) is 6.61 Å². The van der Waals surface area contributed by atoms with E-state index in [1.54, 1.807) is 18.5 Å². The molecule has 0 aliphatic carbocycles. The van der Waals surface area contributed by atoms with Crippen LogP contribution in [0.4, 0.5) is 0 Å². The summed E-state index contributed by atoms with van der Waals surface area (Å²) in [6.45, 7) is 1.00. The van der Waals surface area contributed by atoms with E-state index < -0.39 is 0 Å². The number of aliphatic hydroxyl groups is 1. The number of aliphatic hydroxyl groups excluding tert-OH is 1. The average Bonchev–Trinajstić information content (AvgIpc) is 3.10. The van der Waals surface area contributed by atoms with Gasteiger partial charge in [0.25, 0.3) is 0 Å². The van der Waals surface area contributed by atoms with Gasteiger partial charge in [-0.25, -0.2) is 4.99 Å². The van der Waals surface area contributed by atoms with Crippen LogP contribution in [0.2, 0.25) is 0 Å². The van der Waals surface area contributed by atoms with E-state index in [1.165, 1.54) is 6.08 Å². The first-order valence-electron chi connectivity index (χ1n) is 6.92. The summed E-state index contributed by atoms with van der Waals surface area (Å²) >= 11 is 0. The first kappa shape index (κ1) is 14.0. The number of aromatic nitrogens is 1. The lowest BCUT2D eigenvalue weighted by Gasteiger charge is -2.06. The highest BCUT2D eigenvalue weighted by atomic mass is 16.5. The lowest BCUT2D eigenvalue weighted by molar-refractivity contribution is 0.305. The van der Waals surface area contributed by atoms with Gasteiger partial charge in [-0.3, -0.25) is 9.98 Å². The summed E-state index contributed by atoms with van der Waals surface area (Å²) in [5.41, 5.74) is 1.72. The molecule has 2 aromatic rings. The van der Waals surface area contributed by atoms with Crippen molar-refractivity contribution in [2.75, 3.05) is 6.54 Å². The summed E-state index contributed by atoms with van der Waals surface area (Å²) < 4.78 is 5.66. The molecular formula is C17H15N3O2. The second-order valence-electron chi connectivity index (χ2n) is 4.70. The molecular weight excluding hydrogens is 278 g/mol. The van der Waals surface area contributed by atoms with Crippen LogP contribution in [0.1, 0.15) is 11.3 Å². The van der Waals surface area contributed by atoms with E-state index in [0.29, 0.717) is 30.4 Å².